The topological polar surface area (TPSA) is 68.3 Å². The molecule has 0 spiro atoms. The molecular weight excluding hydrogens is 328 g/mol. The van der Waals surface area contributed by atoms with Gasteiger partial charge in [-0.3, -0.25) is 0 Å². The molecule has 1 aliphatic heterocycles. The highest BCUT2D eigenvalue weighted by atomic mass is 16.7. The van der Waals surface area contributed by atoms with E-state index in [2.05, 4.69) is 26.7 Å². The Bertz CT molecular complexity index is 791. The predicted molar refractivity (Wildman–Crippen MR) is 102 cm³/mol. The molecule has 2 aliphatic rings. The molecule has 0 saturated carbocycles. The third kappa shape index (κ3) is 4.25. The Kier molecular flexibility index (Phi) is 5.19. The van der Waals surface area contributed by atoms with E-state index in [1.54, 1.807) is 11.8 Å². The number of ether oxygens (including phenoxy) is 2. The molecular formula is C20H24N4O2. The summed E-state index contributed by atoms with van der Waals surface area (Å²) in [6, 6.07) is 7.83. The van der Waals surface area contributed by atoms with Crippen molar-refractivity contribution in [3.05, 3.63) is 47.7 Å². The maximum absolute atomic E-state index is 5.41. The second-order valence-electron chi connectivity index (χ2n) is 6.59. The Balaban J connectivity index is 1.29. The monoisotopic (exact) mass is 352 g/mol. The van der Waals surface area contributed by atoms with Crippen LogP contribution in [-0.4, -0.2) is 23.3 Å². The molecule has 26 heavy (non-hydrogen) atoms. The number of nitrogens with zero attached hydrogens (tertiary/aromatic N) is 2. The fourth-order valence-electron chi connectivity index (χ4n) is 3.25. The highest BCUT2D eigenvalue weighted by Crippen LogP contribution is 2.32. The highest BCUT2D eigenvalue weighted by molar-refractivity contribution is 5.46. The number of rotatable bonds is 7. The van der Waals surface area contributed by atoms with E-state index in [4.69, 9.17) is 9.47 Å². The molecule has 2 heterocycles. The van der Waals surface area contributed by atoms with Crippen molar-refractivity contribution in [1.82, 2.24) is 9.97 Å². The van der Waals surface area contributed by atoms with Gasteiger partial charge in [-0.1, -0.05) is 17.7 Å². The molecule has 0 fully saturated rings. The van der Waals surface area contributed by atoms with Gasteiger partial charge >= 0.3 is 0 Å². The van der Waals surface area contributed by atoms with Gasteiger partial charge in [-0.15, -0.1) is 0 Å². The summed E-state index contributed by atoms with van der Waals surface area (Å²) < 4.78 is 10.8. The molecule has 1 aromatic heterocycles. The third-order valence-corrected chi connectivity index (χ3v) is 4.68. The van der Waals surface area contributed by atoms with Gasteiger partial charge in [0, 0.05) is 19.3 Å². The molecule has 0 unspecified atom stereocenters. The van der Waals surface area contributed by atoms with E-state index in [1.807, 2.05) is 24.3 Å². The summed E-state index contributed by atoms with van der Waals surface area (Å²) in [5.74, 6) is 3.07. The summed E-state index contributed by atoms with van der Waals surface area (Å²) in [5, 5.41) is 6.66. The minimum absolute atomic E-state index is 0.296. The van der Waals surface area contributed by atoms with Crippen molar-refractivity contribution in [1.29, 1.82) is 0 Å². The molecule has 6 heteroatoms. The predicted octanol–water partition coefficient (Wildman–Crippen LogP) is 4.12. The van der Waals surface area contributed by atoms with Gasteiger partial charge in [0.2, 0.25) is 12.7 Å². The maximum atomic E-state index is 5.41. The lowest BCUT2D eigenvalue weighted by Crippen LogP contribution is -2.09. The molecule has 6 nitrogen and oxygen atoms in total. The number of hydrogen-bond donors (Lipinski definition) is 2. The van der Waals surface area contributed by atoms with Crippen LogP contribution in [0.4, 0.5) is 11.8 Å². The van der Waals surface area contributed by atoms with Crippen LogP contribution in [0.3, 0.4) is 0 Å². The van der Waals surface area contributed by atoms with Crippen molar-refractivity contribution < 1.29 is 9.47 Å². The molecule has 0 radical (unpaired) electrons. The summed E-state index contributed by atoms with van der Waals surface area (Å²) in [5.41, 5.74) is 2.67. The maximum Gasteiger partial charge on any atom is 0.231 e. The third-order valence-electron chi connectivity index (χ3n) is 4.68. The second-order valence-corrected chi connectivity index (χ2v) is 6.59. The van der Waals surface area contributed by atoms with Crippen LogP contribution in [0, 0.1) is 0 Å². The average Bonchev–Trinajstić information content (AvgIpc) is 3.15. The van der Waals surface area contributed by atoms with Gasteiger partial charge in [-0.05, 0) is 55.9 Å². The van der Waals surface area contributed by atoms with E-state index in [1.165, 1.54) is 25.7 Å². The first kappa shape index (κ1) is 16.7. The van der Waals surface area contributed by atoms with Gasteiger partial charge in [0.25, 0.3) is 0 Å². The van der Waals surface area contributed by atoms with E-state index < -0.39 is 0 Å². The molecule has 2 N–H and O–H groups in total. The Morgan fingerprint density at radius 3 is 2.92 bits per heavy atom. The number of aromatic nitrogens is 2. The van der Waals surface area contributed by atoms with Crippen molar-refractivity contribution in [2.45, 2.75) is 38.6 Å². The lowest BCUT2D eigenvalue weighted by Gasteiger charge is -2.13. The first-order chi connectivity index (χ1) is 12.9. The quantitative estimate of drug-likeness (QED) is 0.731. The fourth-order valence-corrected chi connectivity index (χ4v) is 3.25. The number of anilines is 2. The lowest BCUT2D eigenvalue weighted by atomic mass is 9.97. The van der Waals surface area contributed by atoms with Gasteiger partial charge in [-0.25, -0.2) is 4.98 Å². The van der Waals surface area contributed by atoms with E-state index in [0.717, 1.165) is 35.8 Å². The van der Waals surface area contributed by atoms with Gasteiger partial charge in [0.1, 0.15) is 5.82 Å². The highest BCUT2D eigenvalue weighted by Gasteiger charge is 2.13. The number of fused-ring (bicyclic) bond motifs is 1. The molecule has 1 aromatic carbocycles. The minimum Gasteiger partial charge on any atom is -0.454 e. The zero-order valence-electron chi connectivity index (χ0n) is 14.8. The lowest BCUT2D eigenvalue weighted by molar-refractivity contribution is 0.174. The second kappa shape index (κ2) is 8.08. The van der Waals surface area contributed by atoms with Crippen LogP contribution in [0.2, 0.25) is 0 Å². The van der Waals surface area contributed by atoms with E-state index >= 15 is 0 Å². The van der Waals surface area contributed by atoms with Gasteiger partial charge in [0.05, 0.1) is 0 Å². The summed E-state index contributed by atoms with van der Waals surface area (Å²) in [6.07, 6.45) is 10.3. The first-order valence-electron chi connectivity index (χ1n) is 9.24. The van der Waals surface area contributed by atoms with Crippen molar-refractivity contribution >= 4 is 11.8 Å². The van der Waals surface area contributed by atoms with E-state index in [0.29, 0.717) is 19.3 Å². The number of allylic oxidation sites excluding steroid dienone is 1. The van der Waals surface area contributed by atoms with E-state index in [9.17, 15) is 0 Å². The smallest absolute Gasteiger partial charge is 0.231 e. The van der Waals surface area contributed by atoms with Crippen LogP contribution < -0.4 is 20.1 Å². The Morgan fingerprint density at radius 1 is 1.04 bits per heavy atom. The summed E-state index contributed by atoms with van der Waals surface area (Å²) in [7, 11) is 0. The minimum atomic E-state index is 0.296. The fraction of sp³-hybridized carbons (Fsp3) is 0.400. The molecule has 136 valence electrons. The standard InChI is InChI=1S/C20H24N4O2/c1-2-4-15(5-3-1)8-10-21-20-22-11-9-19(24-20)23-13-16-6-7-17-18(12-16)26-14-25-17/h4,6-7,9,11-12H,1-3,5,8,10,13-14H2,(H2,21,22,23,24). The summed E-state index contributed by atoms with van der Waals surface area (Å²) >= 11 is 0. The van der Waals surface area contributed by atoms with Gasteiger partial charge in [-0.2, -0.15) is 4.98 Å². The van der Waals surface area contributed by atoms with Crippen LogP contribution in [-0.2, 0) is 6.54 Å². The molecule has 0 atom stereocenters. The van der Waals surface area contributed by atoms with Crippen LogP contribution in [0.15, 0.2) is 42.1 Å². The van der Waals surface area contributed by atoms with Crippen LogP contribution in [0.5, 0.6) is 11.5 Å². The molecule has 0 bridgehead atoms. The Labute approximate surface area is 153 Å². The van der Waals surface area contributed by atoms with Crippen molar-refractivity contribution in [3.63, 3.8) is 0 Å². The largest absolute Gasteiger partial charge is 0.454 e. The summed E-state index contributed by atoms with van der Waals surface area (Å²) in [4.78, 5) is 8.84. The van der Waals surface area contributed by atoms with Crippen molar-refractivity contribution in [2.24, 2.45) is 0 Å². The van der Waals surface area contributed by atoms with Crippen LogP contribution in [0.25, 0.3) is 0 Å². The van der Waals surface area contributed by atoms with Crippen molar-refractivity contribution in [3.8, 4) is 11.5 Å². The van der Waals surface area contributed by atoms with Crippen LogP contribution in [0.1, 0.15) is 37.7 Å². The van der Waals surface area contributed by atoms with Gasteiger partial charge < -0.3 is 20.1 Å². The average molecular weight is 352 g/mol. The molecule has 0 amide bonds. The molecule has 4 rings (SSSR count). The molecule has 2 aromatic rings. The first-order valence-corrected chi connectivity index (χ1v) is 9.24. The molecule has 0 saturated heterocycles. The van der Waals surface area contributed by atoms with Crippen LogP contribution >= 0.6 is 0 Å². The zero-order chi connectivity index (χ0) is 17.6. The number of hydrogen-bond acceptors (Lipinski definition) is 6. The number of nitrogens with one attached hydrogen (secondary N) is 2. The number of benzene rings is 1. The normalized spacial score (nSPS) is 15.5. The zero-order valence-corrected chi connectivity index (χ0v) is 14.8. The van der Waals surface area contributed by atoms with E-state index in [-0.39, 0.29) is 0 Å². The SMILES string of the molecule is C1=C(CCNc2nccc(NCc3ccc4c(c3)OCO4)n2)CCCC1. The van der Waals surface area contributed by atoms with Crippen molar-refractivity contribution in [2.75, 3.05) is 24.0 Å². The summed E-state index contributed by atoms with van der Waals surface area (Å²) in [6.45, 7) is 1.83. The molecule has 1 aliphatic carbocycles. The van der Waals surface area contributed by atoms with Gasteiger partial charge in [0.15, 0.2) is 11.5 Å². The Hall–Kier alpha value is -2.76. The Morgan fingerprint density at radius 2 is 2.00 bits per heavy atom.